The minimum atomic E-state index is -0.342. The summed E-state index contributed by atoms with van der Waals surface area (Å²) in [6.45, 7) is 1.28. The molecular weight excluding hydrogens is 142 g/mol. The van der Waals surface area contributed by atoms with Gasteiger partial charge < -0.3 is 0 Å². The minimum Gasteiger partial charge on any atom is -0.297 e. The summed E-state index contributed by atoms with van der Waals surface area (Å²) in [5, 5.41) is 2.08. The molecule has 0 radical (unpaired) electrons. The van der Waals surface area contributed by atoms with Crippen LogP contribution in [-0.2, 0) is 9.59 Å². The molecule has 0 unspecified atom stereocenters. The Bertz CT molecular complexity index is 124. The number of nitrogens with one attached hydrogen (secondary N) is 1. The topological polar surface area (TPSA) is 46.2 Å². The number of hydrogen-bond donors (Lipinski definition) is 1. The van der Waals surface area contributed by atoms with Crippen LogP contribution in [0.5, 0.6) is 0 Å². The molecule has 0 aromatic heterocycles. The Hall–Kier alpha value is -0.570. The lowest BCUT2D eigenvalue weighted by atomic mass is 10.4. The van der Waals surface area contributed by atoms with Crippen LogP contribution in [0.2, 0.25) is 0 Å². The monoisotopic (exact) mass is 149 g/mol. The summed E-state index contributed by atoms with van der Waals surface area (Å²) in [6.07, 6.45) is 0.196. The number of carbonyl (C=O) groups excluding carboxylic acids is 2. The van der Waals surface area contributed by atoms with Gasteiger partial charge in [-0.05, 0) is 0 Å². The van der Waals surface area contributed by atoms with Gasteiger partial charge in [-0.3, -0.25) is 14.9 Å². The first kappa shape index (κ1) is 8.43. The van der Waals surface area contributed by atoms with Crippen molar-refractivity contribution in [2.75, 3.05) is 5.88 Å². The van der Waals surface area contributed by atoms with E-state index in [1.807, 2.05) is 0 Å². The first-order valence-corrected chi connectivity index (χ1v) is 3.06. The zero-order valence-electron chi connectivity index (χ0n) is 5.11. The molecule has 0 saturated carbocycles. The molecule has 4 heteroatoms. The average Bonchev–Trinajstić information content (AvgIpc) is 1.63. The van der Waals surface area contributed by atoms with Crippen molar-refractivity contribution in [2.24, 2.45) is 0 Å². The SMILES string of the molecule is CC(=O)NC(=O)CCCl. The predicted octanol–water partition coefficient (Wildman–Crippen LogP) is 0.278. The second-order valence-corrected chi connectivity index (χ2v) is 1.92. The number of carbonyl (C=O) groups is 2. The van der Waals surface area contributed by atoms with Gasteiger partial charge in [-0.1, -0.05) is 0 Å². The van der Waals surface area contributed by atoms with E-state index >= 15 is 0 Å². The van der Waals surface area contributed by atoms with Crippen LogP contribution in [0.4, 0.5) is 0 Å². The number of hydrogen-bond acceptors (Lipinski definition) is 2. The van der Waals surface area contributed by atoms with Crippen molar-refractivity contribution in [1.29, 1.82) is 0 Å². The summed E-state index contributed by atoms with van der Waals surface area (Å²) < 4.78 is 0. The molecule has 0 fully saturated rings. The zero-order valence-corrected chi connectivity index (χ0v) is 5.86. The summed E-state index contributed by atoms with van der Waals surface area (Å²) in [5.74, 6) is -0.415. The molecule has 0 aliphatic carbocycles. The highest BCUT2D eigenvalue weighted by Gasteiger charge is 1.99. The summed E-state index contributed by atoms with van der Waals surface area (Å²) >= 11 is 5.21. The van der Waals surface area contributed by atoms with Gasteiger partial charge in [-0.2, -0.15) is 0 Å². The molecule has 0 saturated heterocycles. The van der Waals surface area contributed by atoms with E-state index in [2.05, 4.69) is 5.32 Å². The molecule has 52 valence electrons. The second kappa shape index (κ2) is 4.32. The maximum atomic E-state index is 10.4. The van der Waals surface area contributed by atoms with Gasteiger partial charge >= 0.3 is 0 Å². The van der Waals surface area contributed by atoms with Crippen molar-refractivity contribution >= 4 is 23.4 Å². The molecular formula is C5H8ClNO2. The quantitative estimate of drug-likeness (QED) is 0.574. The molecule has 0 aromatic rings. The molecule has 0 aliphatic heterocycles. The molecule has 9 heavy (non-hydrogen) atoms. The predicted molar refractivity (Wildman–Crippen MR) is 34.2 cm³/mol. The number of rotatable bonds is 2. The molecule has 3 nitrogen and oxygen atoms in total. The van der Waals surface area contributed by atoms with Crippen molar-refractivity contribution in [3.8, 4) is 0 Å². The number of imide groups is 1. The minimum absolute atomic E-state index is 0.196. The fraction of sp³-hybridized carbons (Fsp3) is 0.600. The van der Waals surface area contributed by atoms with E-state index in [1.54, 1.807) is 0 Å². The molecule has 0 aromatic carbocycles. The fourth-order valence-electron chi connectivity index (χ4n) is 0.345. The third-order valence-electron chi connectivity index (χ3n) is 0.637. The van der Waals surface area contributed by atoms with E-state index < -0.39 is 0 Å². The average molecular weight is 150 g/mol. The Morgan fingerprint density at radius 3 is 2.44 bits per heavy atom. The lowest BCUT2D eigenvalue weighted by molar-refractivity contribution is -0.128. The summed E-state index contributed by atoms with van der Waals surface area (Å²) in [7, 11) is 0. The van der Waals surface area contributed by atoms with E-state index in [1.165, 1.54) is 6.92 Å². The van der Waals surface area contributed by atoms with Gasteiger partial charge in [-0.25, -0.2) is 0 Å². The Labute approximate surface area is 58.4 Å². The molecule has 0 atom stereocenters. The Morgan fingerprint density at radius 1 is 1.56 bits per heavy atom. The summed E-state index contributed by atoms with van der Waals surface area (Å²) in [5.41, 5.74) is 0. The van der Waals surface area contributed by atoms with Crippen LogP contribution in [0.1, 0.15) is 13.3 Å². The molecule has 0 heterocycles. The van der Waals surface area contributed by atoms with Crippen LogP contribution in [0, 0.1) is 0 Å². The summed E-state index contributed by atoms with van der Waals surface area (Å²) in [6, 6.07) is 0. The van der Waals surface area contributed by atoms with Crippen LogP contribution in [0.15, 0.2) is 0 Å². The maximum absolute atomic E-state index is 10.4. The highest BCUT2D eigenvalue weighted by molar-refractivity contribution is 6.19. The van der Waals surface area contributed by atoms with Crippen molar-refractivity contribution < 1.29 is 9.59 Å². The standard InChI is InChI=1S/C5H8ClNO2/c1-4(8)7-5(9)2-3-6/h2-3H2,1H3,(H,7,8,9). The maximum Gasteiger partial charge on any atom is 0.227 e. The summed E-state index contributed by atoms with van der Waals surface area (Å²) in [4.78, 5) is 20.6. The lowest BCUT2D eigenvalue weighted by Crippen LogP contribution is -2.27. The van der Waals surface area contributed by atoms with E-state index in [9.17, 15) is 9.59 Å². The Morgan fingerprint density at radius 2 is 2.11 bits per heavy atom. The van der Waals surface area contributed by atoms with Crippen molar-refractivity contribution in [2.45, 2.75) is 13.3 Å². The number of amides is 2. The molecule has 0 spiro atoms. The van der Waals surface area contributed by atoms with Gasteiger partial charge in [0.25, 0.3) is 0 Å². The van der Waals surface area contributed by atoms with E-state index in [0.717, 1.165) is 0 Å². The van der Waals surface area contributed by atoms with Gasteiger partial charge in [0.1, 0.15) is 0 Å². The van der Waals surface area contributed by atoms with Gasteiger partial charge in [0.05, 0.1) is 0 Å². The highest BCUT2D eigenvalue weighted by atomic mass is 35.5. The third-order valence-corrected chi connectivity index (χ3v) is 0.826. The van der Waals surface area contributed by atoms with Crippen LogP contribution in [0.3, 0.4) is 0 Å². The van der Waals surface area contributed by atoms with Crippen molar-refractivity contribution in [3.05, 3.63) is 0 Å². The van der Waals surface area contributed by atoms with Crippen LogP contribution < -0.4 is 5.32 Å². The Kier molecular flexibility index (Phi) is 4.05. The van der Waals surface area contributed by atoms with Gasteiger partial charge in [-0.15, -0.1) is 11.6 Å². The molecule has 2 amide bonds. The number of halogens is 1. The zero-order chi connectivity index (χ0) is 7.28. The van der Waals surface area contributed by atoms with E-state index in [4.69, 9.17) is 11.6 Å². The molecule has 1 N–H and O–H groups in total. The lowest BCUT2D eigenvalue weighted by Gasteiger charge is -1.94. The van der Waals surface area contributed by atoms with Gasteiger partial charge in [0, 0.05) is 19.2 Å². The highest BCUT2D eigenvalue weighted by Crippen LogP contribution is 1.82. The van der Waals surface area contributed by atoms with Crippen LogP contribution in [-0.4, -0.2) is 17.7 Å². The van der Waals surface area contributed by atoms with Gasteiger partial charge in [0.2, 0.25) is 11.8 Å². The van der Waals surface area contributed by atoms with Gasteiger partial charge in [0.15, 0.2) is 0 Å². The second-order valence-electron chi connectivity index (χ2n) is 1.54. The first-order valence-electron chi connectivity index (χ1n) is 2.53. The molecule has 0 aliphatic rings. The Balaban J connectivity index is 3.39. The van der Waals surface area contributed by atoms with Crippen molar-refractivity contribution in [3.63, 3.8) is 0 Å². The third kappa shape index (κ3) is 5.30. The molecule has 0 bridgehead atoms. The fourth-order valence-corrected chi connectivity index (χ4v) is 0.516. The van der Waals surface area contributed by atoms with Crippen molar-refractivity contribution in [1.82, 2.24) is 5.32 Å². The molecule has 0 rings (SSSR count). The van der Waals surface area contributed by atoms with Crippen LogP contribution >= 0.6 is 11.6 Å². The first-order chi connectivity index (χ1) is 4.16. The number of alkyl halides is 1. The normalized spacial score (nSPS) is 8.67. The smallest absolute Gasteiger partial charge is 0.227 e. The van der Waals surface area contributed by atoms with Crippen LogP contribution in [0.25, 0.3) is 0 Å². The van der Waals surface area contributed by atoms with E-state index in [0.29, 0.717) is 0 Å². The largest absolute Gasteiger partial charge is 0.297 e. The van der Waals surface area contributed by atoms with E-state index in [-0.39, 0.29) is 24.1 Å².